The van der Waals surface area contributed by atoms with Gasteiger partial charge in [-0.1, -0.05) is 24.9 Å². The molecule has 0 fully saturated rings. The third-order valence-electron chi connectivity index (χ3n) is 3.60. The fourth-order valence-electron chi connectivity index (χ4n) is 2.11. The molecule has 22 heavy (non-hydrogen) atoms. The van der Waals surface area contributed by atoms with Crippen LogP contribution in [0.25, 0.3) is 0 Å². The lowest BCUT2D eigenvalue weighted by atomic mass is 10.1. The second-order valence-electron chi connectivity index (χ2n) is 6.26. The Hall–Kier alpha value is -1.60. The highest BCUT2D eigenvalue weighted by Gasteiger charge is 2.25. The number of aromatic nitrogens is 2. The van der Waals surface area contributed by atoms with Gasteiger partial charge in [0.25, 0.3) is 5.91 Å². The number of amides is 1. The van der Waals surface area contributed by atoms with Crippen LogP contribution in [0.1, 0.15) is 36.7 Å². The predicted molar refractivity (Wildman–Crippen MR) is 89.5 cm³/mol. The van der Waals surface area contributed by atoms with Gasteiger partial charge in [0, 0.05) is 6.42 Å². The van der Waals surface area contributed by atoms with Crippen LogP contribution in [0, 0.1) is 0 Å². The summed E-state index contributed by atoms with van der Waals surface area (Å²) in [4.78, 5) is 20.0. The molecule has 0 saturated heterocycles. The van der Waals surface area contributed by atoms with E-state index in [9.17, 15) is 4.79 Å². The fourth-order valence-corrected chi connectivity index (χ4v) is 2.23. The first-order valence-electron chi connectivity index (χ1n) is 7.34. The van der Waals surface area contributed by atoms with E-state index in [-0.39, 0.29) is 28.4 Å². The van der Waals surface area contributed by atoms with Gasteiger partial charge in [0.1, 0.15) is 6.04 Å². The average molecular weight is 330 g/mol. The lowest BCUT2D eigenvalue weighted by Gasteiger charge is -2.34. The molecule has 1 unspecified atom stereocenters. The van der Waals surface area contributed by atoms with Gasteiger partial charge in [0.15, 0.2) is 22.5 Å². The van der Waals surface area contributed by atoms with Gasteiger partial charge in [0.2, 0.25) is 0 Å². The second-order valence-corrected chi connectivity index (χ2v) is 6.61. The van der Waals surface area contributed by atoms with Crippen LogP contribution in [0.5, 0.6) is 0 Å². The molecule has 1 amide bonds. The zero-order valence-corrected chi connectivity index (χ0v) is 14.4. The molecule has 1 aromatic heterocycles. The Morgan fingerprint density at radius 2 is 1.91 bits per heavy atom. The van der Waals surface area contributed by atoms with Crippen LogP contribution < -0.4 is 16.8 Å². The molecular weight excluding hydrogens is 304 g/mol. The highest BCUT2D eigenvalue weighted by atomic mass is 35.5. The highest BCUT2D eigenvalue weighted by Crippen LogP contribution is 2.17. The summed E-state index contributed by atoms with van der Waals surface area (Å²) in [7, 11) is 6.34. The summed E-state index contributed by atoms with van der Waals surface area (Å²) in [6.07, 6.45) is 3.27. The van der Waals surface area contributed by atoms with E-state index in [0.717, 1.165) is 23.7 Å². The quantitative estimate of drug-likeness (QED) is 0.653. The number of nitrogen functional groups attached to an aromatic ring is 2. The number of nitrogens with one attached hydrogen (secondary N) is 1. The molecule has 5 N–H and O–H groups in total. The summed E-state index contributed by atoms with van der Waals surface area (Å²) in [6.45, 7) is 2.68. The number of quaternary nitrogens is 1. The first-order chi connectivity index (χ1) is 10.2. The lowest BCUT2D eigenvalue weighted by Crippen LogP contribution is -2.51. The molecule has 1 heterocycles. The summed E-state index contributed by atoms with van der Waals surface area (Å²) in [6, 6.07) is 0.308. The first-order valence-corrected chi connectivity index (χ1v) is 7.72. The van der Waals surface area contributed by atoms with Crippen LogP contribution in [0.2, 0.25) is 5.15 Å². The van der Waals surface area contributed by atoms with Crippen LogP contribution in [0.4, 0.5) is 11.6 Å². The number of unbranched alkanes of at least 4 members (excludes halogenated alkanes) is 1. The minimum absolute atomic E-state index is 0.00912. The zero-order valence-electron chi connectivity index (χ0n) is 13.7. The van der Waals surface area contributed by atoms with E-state index in [2.05, 4.69) is 43.4 Å². The Morgan fingerprint density at radius 3 is 2.45 bits per heavy atom. The Kier molecular flexibility index (Phi) is 6.37. The van der Waals surface area contributed by atoms with Crippen molar-refractivity contribution in [3.05, 3.63) is 10.8 Å². The van der Waals surface area contributed by atoms with Gasteiger partial charge in [-0.2, -0.15) is 0 Å². The van der Waals surface area contributed by atoms with Gasteiger partial charge < -0.3 is 21.3 Å². The SMILES string of the molecule is CCCCC(CNC(=O)c1nc(Cl)c(N)nc1N)[N+](C)(C)C. The Bertz CT molecular complexity index is 529. The van der Waals surface area contributed by atoms with Crippen molar-refractivity contribution in [2.24, 2.45) is 0 Å². The van der Waals surface area contributed by atoms with E-state index in [1.165, 1.54) is 0 Å². The second kappa shape index (κ2) is 7.60. The van der Waals surface area contributed by atoms with Crippen LogP contribution in [-0.4, -0.2) is 54.1 Å². The molecule has 0 aromatic carbocycles. The molecule has 1 atom stereocenters. The highest BCUT2D eigenvalue weighted by molar-refractivity contribution is 6.31. The van der Waals surface area contributed by atoms with Crippen LogP contribution in [0.15, 0.2) is 0 Å². The summed E-state index contributed by atoms with van der Waals surface area (Å²) in [5, 5.41) is 2.85. The molecule has 8 heteroatoms. The largest absolute Gasteiger partial charge is 0.382 e. The number of carbonyl (C=O) groups is 1. The number of hydrogen-bond donors (Lipinski definition) is 3. The monoisotopic (exact) mass is 329 g/mol. The van der Waals surface area contributed by atoms with Crippen molar-refractivity contribution in [3.63, 3.8) is 0 Å². The van der Waals surface area contributed by atoms with Gasteiger partial charge in [-0.3, -0.25) is 4.79 Å². The molecular formula is C14H26ClN6O+. The van der Waals surface area contributed by atoms with Crippen molar-refractivity contribution in [1.82, 2.24) is 15.3 Å². The number of rotatable bonds is 7. The predicted octanol–water partition coefficient (Wildman–Crippen LogP) is 1.29. The zero-order chi connectivity index (χ0) is 16.9. The fraction of sp³-hybridized carbons (Fsp3) is 0.643. The lowest BCUT2D eigenvalue weighted by molar-refractivity contribution is -0.895. The van der Waals surface area contributed by atoms with Crippen molar-refractivity contribution < 1.29 is 9.28 Å². The molecule has 124 valence electrons. The van der Waals surface area contributed by atoms with Crippen molar-refractivity contribution in [1.29, 1.82) is 0 Å². The number of nitrogens with zero attached hydrogens (tertiary/aromatic N) is 3. The van der Waals surface area contributed by atoms with Crippen LogP contribution in [-0.2, 0) is 0 Å². The van der Waals surface area contributed by atoms with E-state index >= 15 is 0 Å². The van der Waals surface area contributed by atoms with Crippen molar-refractivity contribution in [3.8, 4) is 0 Å². The molecule has 0 aliphatic rings. The van der Waals surface area contributed by atoms with Crippen LogP contribution in [0.3, 0.4) is 0 Å². The average Bonchev–Trinajstić information content (AvgIpc) is 2.41. The maximum absolute atomic E-state index is 12.2. The van der Waals surface area contributed by atoms with Gasteiger partial charge in [-0.25, -0.2) is 9.97 Å². The van der Waals surface area contributed by atoms with E-state index in [4.69, 9.17) is 23.1 Å². The van der Waals surface area contributed by atoms with E-state index in [1.54, 1.807) is 0 Å². The first kappa shape index (κ1) is 18.4. The summed E-state index contributed by atoms with van der Waals surface area (Å²) in [5.41, 5.74) is 11.2. The third kappa shape index (κ3) is 4.99. The molecule has 0 aliphatic carbocycles. The topological polar surface area (TPSA) is 107 Å². The number of hydrogen-bond acceptors (Lipinski definition) is 5. The third-order valence-corrected chi connectivity index (χ3v) is 3.88. The maximum atomic E-state index is 12.2. The smallest absolute Gasteiger partial charge is 0.274 e. The minimum atomic E-state index is -0.387. The van der Waals surface area contributed by atoms with E-state index in [0.29, 0.717) is 12.6 Å². The van der Waals surface area contributed by atoms with Crippen molar-refractivity contribution in [2.75, 3.05) is 39.2 Å². The number of nitrogens with two attached hydrogens (primary N) is 2. The van der Waals surface area contributed by atoms with E-state index in [1.807, 2.05) is 0 Å². The Morgan fingerprint density at radius 1 is 1.27 bits per heavy atom. The number of carbonyl (C=O) groups excluding carboxylic acids is 1. The maximum Gasteiger partial charge on any atom is 0.274 e. The summed E-state index contributed by atoms with van der Waals surface area (Å²) < 4.78 is 0.768. The minimum Gasteiger partial charge on any atom is -0.382 e. The normalized spacial score (nSPS) is 13.0. The standard InChI is InChI=1S/C14H25ClN6O/c1-5-6-7-9(21(2,3)4)8-18-14(22)10-12(16)20-13(17)11(15)19-10/h9H,5-8H2,1-4H3,(H4-,16,17,18,20,22)/p+1. The number of anilines is 2. The summed E-state index contributed by atoms with van der Waals surface area (Å²) >= 11 is 5.80. The number of halogens is 1. The van der Waals surface area contributed by atoms with Gasteiger partial charge in [0.05, 0.1) is 27.7 Å². The van der Waals surface area contributed by atoms with Crippen molar-refractivity contribution in [2.45, 2.75) is 32.2 Å². The Labute approximate surface area is 136 Å². The van der Waals surface area contributed by atoms with Gasteiger partial charge >= 0.3 is 0 Å². The van der Waals surface area contributed by atoms with Crippen molar-refractivity contribution >= 4 is 29.1 Å². The molecule has 1 rings (SSSR count). The summed E-state index contributed by atoms with van der Waals surface area (Å²) in [5.74, 6) is -0.389. The number of likely N-dealkylation sites (N-methyl/N-ethyl adjacent to an activating group) is 1. The molecule has 0 radical (unpaired) electrons. The molecule has 0 aliphatic heterocycles. The molecule has 0 bridgehead atoms. The Balaban J connectivity index is 2.77. The molecule has 1 aromatic rings. The molecule has 0 saturated carbocycles. The van der Waals surface area contributed by atoms with Gasteiger partial charge in [-0.15, -0.1) is 0 Å². The van der Waals surface area contributed by atoms with E-state index < -0.39 is 0 Å². The molecule has 7 nitrogen and oxygen atoms in total. The van der Waals surface area contributed by atoms with Gasteiger partial charge in [-0.05, 0) is 6.42 Å². The van der Waals surface area contributed by atoms with Crippen LogP contribution >= 0.6 is 11.6 Å². The molecule has 0 spiro atoms.